The molecule has 0 aliphatic heterocycles. The van der Waals surface area contributed by atoms with Crippen molar-refractivity contribution in [3.63, 3.8) is 0 Å². The zero-order valence-corrected chi connectivity index (χ0v) is 9.39. The van der Waals surface area contributed by atoms with Crippen LogP contribution in [0.25, 0.3) is 0 Å². The Morgan fingerprint density at radius 1 is 1.33 bits per heavy atom. The summed E-state index contributed by atoms with van der Waals surface area (Å²) >= 11 is 0. The lowest BCUT2D eigenvalue weighted by molar-refractivity contribution is 0.533. The molecule has 1 aromatic rings. The molecule has 3 nitrogen and oxygen atoms in total. The number of aromatic nitrogens is 2. The van der Waals surface area contributed by atoms with Gasteiger partial charge in [0.2, 0.25) is 0 Å². The summed E-state index contributed by atoms with van der Waals surface area (Å²) < 4.78 is 0. The normalized spacial score (nSPS) is 16.9. The molecule has 0 aromatic carbocycles. The van der Waals surface area contributed by atoms with Gasteiger partial charge in [0.25, 0.3) is 0 Å². The van der Waals surface area contributed by atoms with Gasteiger partial charge in [0.05, 0.1) is 6.20 Å². The van der Waals surface area contributed by atoms with Crippen molar-refractivity contribution in [1.82, 2.24) is 9.97 Å². The monoisotopic (exact) mass is 205 g/mol. The van der Waals surface area contributed by atoms with Gasteiger partial charge in [0.1, 0.15) is 5.82 Å². The summed E-state index contributed by atoms with van der Waals surface area (Å²) in [6, 6.07) is 0. The molecule has 0 radical (unpaired) electrons. The van der Waals surface area contributed by atoms with Gasteiger partial charge in [-0.2, -0.15) is 0 Å². The molecule has 0 N–H and O–H groups in total. The largest absolute Gasteiger partial charge is 0.355 e. The lowest BCUT2D eigenvalue weighted by atomic mass is 10.1. The summed E-state index contributed by atoms with van der Waals surface area (Å²) in [6.07, 6.45) is 10.9. The summed E-state index contributed by atoms with van der Waals surface area (Å²) in [5.74, 6) is 1.89. The van der Waals surface area contributed by atoms with Crippen LogP contribution in [0.3, 0.4) is 0 Å². The van der Waals surface area contributed by atoms with Crippen molar-refractivity contribution in [3.05, 3.63) is 18.6 Å². The fourth-order valence-electron chi connectivity index (χ4n) is 2.34. The standard InChI is InChI=1S/C12H19N3/c1-2-15(10-11-5-3-4-6-11)12-9-13-7-8-14-12/h7-9,11H,2-6,10H2,1H3. The molecule has 1 aliphatic rings. The van der Waals surface area contributed by atoms with Gasteiger partial charge in [-0.15, -0.1) is 0 Å². The average Bonchev–Trinajstić information content (AvgIpc) is 2.80. The predicted molar refractivity (Wildman–Crippen MR) is 61.9 cm³/mol. The molecule has 3 heteroatoms. The molecule has 1 aliphatic carbocycles. The van der Waals surface area contributed by atoms with E-state index in [9.17, 15) is 0 Å². The molecular weight excluding hydrogens is 186 g/mol. The van der Waals surface area contributed by atoms with Crippen molar-refractivity contribution in [1.29, 1.82) is 0 Å². The second-order valence-corrected chi connectivity index (χ2v) is 4.25. The highest BCUT2D eigenvalue weighted by Gasteiger charge is 2.18. The Kier molecular flexibility index (Phi) is 3.54. The van der Waals surface area contributed by atoms with Gasteiger partial charge in [-0.25, -0.2) is 4.98 Å². The highest BCUT2D eigenvalue weighted by atomic mass is 15.2. The van der Waals surface area contributed by atoms with E-state index in [-0.39, 0.29) is 0 Å². The first-order valence-electron chi connectivity index (χ1n) is 5.91. The summed E-state index contributed by atoms with van der Waals surface area (Å²) in [5, 5.41) is 0. The molecule has 1 aromatic heterocycles. The number of hydrogen-bond acceptors (Lipinski definition) is 3. The van der Waals surface area contributed by atoms with Gasteiger partial charge in [0, 0.05) is 25.5 Å². The Balaban J connectivity index is 1.97. The number of anilines is 1. The minimum Gasteiger partial charge on any atom is -0.355 e. The smallest absolute Gasteiger partial charge is 0.147 e. The molecule has 0 saturated heterocycles. The molecule has 1 heterocycles. The van der Waals surface area contributed by atoms with Gasteiger partial charge in [-0.3, -0.25) is 4.98 Å². The van der Waals surface area contributed by atoms with Crippen LogP contribution in [-0.2, 0) is 0 Å². The second kappa shape index (κ2) is 5.10. The lowest BCUT2D eigenvalue weighted by Gasteiger charge is -2.24. The molecule has 0 amide bonds. The first kappa shape index (κ1) is 10.4. The van der Waals surface area contributed by atoms with Crippen LogP contribution < -0.4 is 4.90 Å². The average molecular weight is 205 g/mol. The second-order valence-electron chi connectivity index (χ2n) is 4.25. The van der Waals surface area contributed by atoms with E-state index in [2.05, 4.69) is 21.8 Å². The molecule has 0 spiro atoms. The Morgan fingerprint density at radius 3 is 2.73 bits per heavy atom. The Labute approximate surface area is 91.5 Å². The van der Waals surface area contributed by atoms with E-state index in [4.69, 9.17) is 0 Å². The van der Waals surface area contributed by atoms with E-state index in [1.807, 2.05) is 6.20 Å². The van der Waals surface area contributed by atoms with Crippen LogP contribution in [-0.4, -0.2) is 23.1 Å². The maximum absolute atomic E-state index is 4.36. The number of nitrogens with zero attached hydrogens (tertiary/aromatic N) is 3. The topological polar surface area (TPSA) is 29.0 Å². The number of hydrogen-bond donors (Lipinski definition) is 0. The first-order valence-corrected chi connectivity index (χ1v) is 5.91. The molecular formula is C12H19N3. The molecule has 0 bridgehead atoms. The Hall–Kier alpha value is -1.12. The summed E-state index contributed by atoms with van der Waals surface area (Å²) in [5.41, 5.74) is 0. The van der Waals surface area contributed by atoms with Crippen LogP contribution in [0.2, 0.25) is 0 Å². The molecule has 82 valence electrons. The zero-order chi connectivity index (χ0) is 10.5. The third-order valence-electron chi connectivity index (χ3n) is 3.21. The third kappa shape index (κ3) is 2.67. The summed E-state index contributed by atoms with van der Waals surface area (Å²) in [7, 11) is 0. The third-order valence-corrected chi connectivity index (χ3v) is 3.21. The molecule has 1 fully saturated rings. The fraction of sp³-hybridized carbons (Fsp3) is 0.667. The van der Waals surface area contributed by atoms with Crippen molar-refractivity contribution < 1.29 is 0 Å². The van der Waals surface area contributed by atoms with E-state index in [1.54, 1.807) is 12.4 Å². The quantitative estimate of drug-likeness (QED) is 0.756. The van der Waals surface area contributed by atoms with Crippen LogP contribution in [0.4, 0.5) is 5.82 Å². The van der Waals surface area contributed by atoms with Gasteiger partial charge in [-0.1, -0.05) is 12.8 Å². The Bertz CT molecular complexity index is 280. The SMILES string of the molecule is CCN(CC1CCCC1)c1cnccn1. The number of rotatable bonds is 4. The van der Waals surface area contributed by atoms with E-state index < -0.39 is 0 Å². The van der Waals surface area contributed by atoms with Crippen molar-refractivity contribution in [2.75, 3.05) is 18.0 Å². The van der Waals surface area contributed by atoms with Crippen LogP contribution >= 0.6 is 0 Å². The van der Waals surface area contributed by atoms with Crippen molar-refractivity contribution in [2.45, 2.75) is 32.6 Å². The maximum Gasteiger partial charge on any atom is 0.147 e. The van der Waals surface area contributed by atoms with Crippen LogP contribution in [0, 0.1) is 5.92 Å². The van der Waals surface area contributed by atoms with Gasteiger partial charge in [-0.05, 0) is 25.7 Å². The minimum absolute atomic E-state index is 0.868. The van der Waals surface area contributed by atoms with Crippen LogP contribution in [0.1, 0.15) is 32.6 Å². The van der Waals surface area contributed by atoms with E-state index in [1.165, 1.54) is 25.7 Å². The highest BCUT2D eigenvalue weighted by Crippen LogP contribution is 2.26. The zero-order valence-electron chi connectivity index (χ0n) is 9.39. The first-order chi connectivity index (χ1) is 7.40. The minimum atomic E-state index is 0.868. The van der Waals surface area contributed by atoms with Crippen molar-refractivity contribution in [3.8, 4) is 0 Å². The van der Waals surface area contributed by atoms with E-state index in [0.717, 1.165) is 24.8 Å². The molecule has 0 unspecified atom stereocenters. The molecule has 2 rings (SSSR count). The molecule has 0 atom stereocenters. The molecule has 1 saturated carbocycles. The van der Waals surface area contributed by atoms with Gasteiger partial charge >= 0.3 is 0 Å². The van der Waals surface area contributed by atoms with Crippen LogP contribution in [0.5, 0.6) is 0 Å². The van der Waals surface area contributed by atoms with Gasteiger partial charge in [0.15, 0.2) is 0 Å². The van der Waals surface area contributed by atoms with Crippen LogP contribution in [0.15, 0.2) is 18.6 Å². The summed E-state index contributed by atoms with van der Waals surface area (Å²) in [4.78, 5) is 10.8. The van der Waals surface area contributed by atoms with E-state index in [0.29, 0.717) is 0 Å². The predicted octanol–water partition coefficient (Wildman–Crippen LogP) is 2.49. The summed E-state index contributed by atoms with van der Waals surface area (Å²) in [6.45, 7) is 4.36. The molecule has 15 heavy (non-hydrogen) atoms. The van der Waals surface area contributed by atoms with Gasteiger partial charge < -0.3 is 4.90 Å². The maximum atomic E-state index is 4.36. The lowest BCUT2D eigenvalue weighted by Crippen LogP contribution is -2.29. The van der Waals surface area contributed by atoms with Crippen molar-refractivity contribution in [2.24, 2.45) is 5.92 Å². The highest BCUT2D eigenvalue weighted by molar-refractivity contribution is 5.34. The van der Waals surface area contributed by atoms with E-state index >= 15 is 0 Å². The Morgan fingerprint density at radius 2 is 2.13 bits per heavy atom. The fourth-order valence-corrected chi connectivity index (χ4v) is 2.34. The van der Waals surface area contributed by atoms with Crippen molar-refractivity contribution >= 4 is 5.82 Å².